The SMILES string of the molecule is C[C@@H](c1ccccc1)N(C)CC[C@H](C(=O)OC(C)(C)C)N(Cc1ccccc1)C(=O)OC(C)(C)C. The van der Waals surface area contributed by atoms with Crippen LogP contribution in [0.5, 0.6) is 0 Å². The van der Waals surface area contributed by atoms with Crippen molar-refractivity contribution in [3.8, 4) is 0 Å². The minimum absolute atomic E-state index is 0.152. The number of ether oxygens (including phenoxy) is 2. The Bertz CT molecular complexity index is 933. The lowest BCUT2D eigenvalue weighted by Gasteiger charge is -2.35. The molecule has 2 aromatic carbocycles. The van der Waals surface area contributed by atoms with Crippen molar-refractivity contribution in [1.29, 1.82) is 0 Å². The first-order chi connectivity index (χ1) is 16.3. The molecule has 6 heteroatoms. The molecule has 0 fully saturated rings. The van der Waals surface area contributed by atoms with Crippen molar-refractivity contribution in [2.24, 2.45) is 0 Å². The maximum Gasteiger partial charge on any atom is 0.411 e. The van der Waals surface area contributed by atoms with E-state index in [4.69, 9.17) is 9.47 Å². The number of benzene rings is 2. The van der Waals surface area contributed by atoms with E-state index in [1.54, 1.807) is 0 Å². The molecule has 2 aromatic rings. The molecule has 0 heterocycles. The van der Waals surface area contributed by atoms with Crippen molar-refractivity contribution >= 4 is 12.1 Å². The van der Waals surface area contributed by atoms with Gasteiger partial charge in [0.15, 0.2) is 0 Å². The molecule has 35 heavy (non-hydrogen) atoms. The summed E-state index contributed by atoms with van der Waals surface area (Å²) < 4.78 is 11.5. The summed E-state index contributed by atoms with van der Waals surface area (Å²) in [6, 6.07) is 19.2. The standard InChI is InChI=1S/C29H42N2O4/c1-22(24-17-13-10-14-18-24)30(8)20-19-25(26(32)34-28(2,3)4)31(27(33)35-29(5,6)7)21-23-15-11-9-12-16-23/h9-18,22,25H,19-21H2,1-8H3/t22-,25+/m0/s1. The van der Waals surface area contributed by atoms with Gasteiger partial charge in [-0.3, -0.25) is 9.80 Å². The van der Waals surface area contributed by atoms with E-state index in [1.165, 1.54) is 10.5 Å². The second-order valence-corrected chi connectivity index (χ2v) is 11.0. The van der Waals surface area contributed by atoms with Gasteiger partial charge in [0, 0.05) is 19.1 Å². The predicted octanol–water partition coefficient (Wildman–Crippen LogP) is 6.22. The molecule has 1 amide bonds. The van der Waals surface area contributed by atoms with Crippen molar-refractivity contribution < 1.29 is 19.1 Å². The summed E-state index contributed by atoms with van der Waals surface area (Å²) in [5, 5.41) is 0. The number of esters is 1. The van der Waals surface area contributed by atoms with Crippen molar-refractivity contribution in [3.05, 3.63) is 71.8 Å². The van der Waals surface area contributed by atoms with Crippen LogP contribution in [0.25, 0.3) is 0 Å². The minimum atomic E-state index is -0.797. The van der Waals surface area contributed by atoms with Crippen LogP contribution in [0.15, 0.2) is 60.7 Å². The Hall–Kier alpha value is -2.86. The summed E-state index contributed by atoms with van der Waals surface area (Å²) in [6.45, 7) is 13.9. The fourth-order valence-electron chi connectivity index (χ4n) is 3.68. The molecule has 6 nitrogen and oxygen atoms in total. The predicted molar refractivity (Wildman–Crippen MR) is 140 cm³/mol. The second-order valence-electron chi connectivity index (χ2n) is 11.0. The first-order valence-electron chi connectivity index (χ1n) is 12.3. The molecule has 0 aliphatic heterocycles. The largest absolute Gasteiger partial charge is 0.458 e. The van der Waals surface area contributed by atoms with Crippen LogP contribution in [0.4, 0.5) is 4.79 Å². The van der Waals surface area contributed by atoms with Crippen LogP contribution in [0.3, 0.4) is 0 Å². The van der Waals surface area contributed by atoms with E-state index in [2.05, 4.69) is 24.0 Å². The molecule has 0 aromatic heterocycles. The lowest BCUT2D eigenvalue weighted by molar-refractivity contribution is -0.162. The molecule has 0 N–H and O–H groups in total. The maximum absolute atomic E-state index is 13.4. The van der Waals surface area contributed by atoms with Gasteiger partial charge >= 0.3 is 12.1 Å². The average molecular weight is 483 g/mol. The molecule has 0 spiro atoms. The maximum atomic E-state index is 13.4. The van der Waals surface area contributed by atoms with Gasteiger partial charge in [-0.05, 0) is 73.1 Å². The van der Waals surface area contributed by atoms with Crippen molar-refractivity contribution in [1.82, 2.24) is 9.80 Å². The smallest absolute Gasteiger partial charge is 0.411 e. The molecule has 0 bridgehead atoms. The van der Waals surface area contributed by atoms with Gasteiger partial charge < -0.3 is 9.47 Å². The molecular weight excluding hydrogens is 440 g/mol. The zero-order valence-corrected chi connectivity index (χ0v) is 22.6. The summed E-state index contributed by atoms with van der Waals surface area (Å²) in [6.07, 6.45) is -0.120. The number of rotatable bonds is 9. The minimum Gasteiger partial charge on any atom is -0.458 e. The van der Waals surface area contributed by atoms with Gasteiger partial charge in [-0.2, -0.15) is 0 Å². The first-order valence-corrected chi connectivity index (χ1v) is 12.3. The molecule has 0 radical (unpaired) electrons. The van der Waals surface area contributed by atoms with Crippen molar-refractivity contribution in [2.45, 2.75) is 84.7 Å². The molecule has 192 valence electrons. The first kappa shape index (κ1) is 28.4. The van der Waals surface area contributed by atoms with E-state index in [-0.39, 0.29) is 12.6 Å². The summed E-state index contributed by atoms with van der Waals surface area (Å²) in [5.74, 6) is -0.431. The highest BCUT2D eigenvalue weighted by molar-refractivity contribution is 5.82. The molecule has 0 aliphatic rings. The van der Waals surface area contributed by atoms with E-state index < -0.39 is 29.3 Å². The number of hydrogen-bond acceptors (Lipinski definition) is 5. The van der Waals surface area contributed by atoms with Crippen LogP contribution < -0.4 is 0 Å². The van der Waals surface area contributed by atoms with Crippen LogP contribution in [0.2, 0.25) is 0 Å². The Morgan fingerprint density at radius 2 is 1.34 bits per heavy atom. The number of carbonyl (C=O) groups is 2. The second kappa shape index (κ2) is 12.2. The van der Waals surface area contributed by atoms with Gasteiger partial charge in [0.2, 0.25) is 0 Å². The van der Waals surface area contributed by atoms with E-state index in [1.807, 2.05) is 97.1 Å². The number of nitrogens with zero attached hydrogens (tertiary/aromatic N) is 2. The Morgan fingerprint density at radius 3 is 1.86 bits per heavy atom. The summed E-state index contributed by atoms with van der Waals surface area (Å²) in [7, 11) is 2.03. The highest BCUT2D eigenvalue weighted by Crippen LogP contribution is 2.23. The van der Waals surface area contributed by atoms with E-state index in [0.717, 1.165) is 5.56 Å². The van der Waals surface area contributed by atoms with Gasteiger partial charge in [-0.25, -0.2) is 9.59 Å². The van der Waals surface area contributed by atoms with Gasteiger partial charge in [-0.1, -0.05) is 60.7 Å². The molecule has 0 saturated heterocycles. The Kier molecular flexibility index (Phi) is 9.90. The third kappa shape index (κ3) is 9.73. The molecule has 0 saturated carbocycles. The topological polar surface area (TPSA) is 59.1 Å². The molecular formula is C29H42N2O4. The van der Waals surface area contributed by atoms with Crippen LogP contribution in [0.1, 0.15) is 72.1 Å². The Labute approximate surface area is 211 Å². The van der Waals surface area contributed by atoms with Crippen LogP contribution in [0, 0.1) is 0 Å². The molecule has 0 unspecified atom stereocenters. The fraction of sp³-hybridized carbons (Fsp3) is 0.517. The quantitative estimate of drug-likeness (QED) is 0.397. The molecule has 2 atom stereocenters. The lowest BCUT2D eigenvalue weighted by Crippen LogP contribution is -2.49. The zero-order chi connectivity index (χ0) is 26.2. The third-order valence-corrected chi connectivity index (χ3v) is 5.58. The Morgan fingerprint density at radius 1 is 0.829 bits per heavy atom. The average Bonchev–Trinajstić information content (AvgIpc) is 2.76. The van der Waals surface area contributed by atoms with Crippen LogP contribution >= 0.6 is 0 Å². The van der Waals surface area contributed by atoms with E-state index in [0.29, 0.717) is 13.0 Å². The van der Waals surface area contributed by atoms with Gasteiger partial charge in [-0.15, -0.1) is 0 Å². The van der Waals surface area contributed by atoms with Crippen molar-refractivity contribution in [3.63, 3.8) is 0 Å². The number of amides is 1. The number of hydrogen-bond donors (Lipinski definition) is 0. The lowest BCUT2D eigenvalue weighted by atomic mass is 10.1. The van der Waals surface area contributed by atoms with Crippen LogP contribution in [-0.4, -0.2) is 52.7 Å². The number of carbonyl (C=O) groups excluding carboxylic acids is 2. The monoisotopic (exact) mass is 482 g/mol. The normalized spacial score (nSPS) is 13.7. The van der Waals surface area contributed by atoms with E-state index >= 15 is 0 Å². The Balaban J connectivity index is 2.33. The van der Waals surface area contributed by atoms with Gasteiger partial charge in [0.25, 0.3) is 0 Å². The van der Waals surface area contributed by atoms with Gasteiger partial charge in [0.05, 0.1) is 0 Å². The highest BCUT2D eigenvalue weighted by atomic mass is 16.6. The zero-order valence-electron chi connectivity index (χ0n) is 22.6. The summed E-state index contributed by atoms with van der Waals surface area (Å²) in [5.41, 5.74) is 0.739. The summed E-state index contributed by atoms with van der Waals surface area (Å²) >= 11 is 0. The molecule has 2 rings (SSSR count). The highest BCUT2D eigenvalue weighted by Gasteiger charge is 2.36. The van der Waals surface area contributed by atoms with Crippen LogP contribution in [-0.2, 0) is 20.8 Å². The third-order valence-electron chi connectivity index (χ3n) is 5.58. The summed E-state index contributed by atoms with van der Waals surface area (Å²) in [4.78, 5) is 30.5. The van der Waals surface area contributed by atoms with Crippen molar-refractivity contribution in [2.75, 3.05) is 13.6 Å². The fourth-order valence-corrected chi connectivity index (χ4v) is 3.68. The van der Waals surface area contributed by atoms with Gasteiger partial charge in [0.1, 0.15) is 17.2 Å². The van der Waals surface area contributed by atoms with E-state index in [9.17, 15) is 9.59 Å². The molecule has 0 aliphatic carbocycles.